The maximum atomic E-state index is 11.8. The number of nitrogens with zero attached hydrogens (tertiary/aromatic N) is 4. The van der Waals surface area contributed by atoms with Crippen molar-refractivity contribution >= 4 is 5.91 Å². The maximum absolute atomic E-state index is 11.8. The van der Waals surface area contributed by atoms with E-state index in [0.717, 1.165) is 52.1 Å². The average molecular weight is 279 g/mol. The van der Waals surface area contributed by atoms with Gasteiger partial charge in [-0.15, -0.1) is 0 Å². The van der Waals surface area contributed by atoms with Gasteiger partial charge < -0.3 is 15.1 Å². The fourth-order valence-electron chi connectivity index (χ4n) is 2.42. The summed E-state index contributed by atoms with van der Waals surface area (Å²) in [5.74, 6) is -0.0374. The number of amides is 1. The second kappa shape index (κ2) is 7.40. The number of rotatable bonds is 6. The van der Waals surface area contributed by atoms with E-state index in [2.05, 4.69) is 27.3 Å². The third-order valence-corrected chi connectivity index (χ3v) is 3.84. The number of hydrogen-bond donors (Lipinski definition) is 1. The first-order chi connectivity index (χ1) is 9.66. The summed E-state index contributed by atoms with van der Waals surface area (Å²) in [6, 6.07) is 1.74. The summed E-state index contributed by atoms with van der Waals surface area (Å²) in [6.45, 7) is 6.53. The van der Waals surface area contributed by atoms with Gasteiger partial charge >= 0.3 is 0 Å². The number of hydrogen-bond acceptors (Lipinski definition) is 4. The van der Waals surface area contributed by atoms with Gasteiger partial charge in [-0.3, -0.25) is 9.48 Å². The Hall–Kier alpha value is -1.40. The van der Waals surface area contributed by atoms with E-state index in [9.17, 15) is 4.79 Å². The highest BCUT2D eigenvalue weighted by molar-refractivity contribution is 5.92. The molecule has 0 aromatic carbocycles. The predicted molar refractivity (Wildman–Crippen MR) is 78.7 cm³/mol. The van der Waals surface area contributed by atoms with Crippen LogP contribution in [0.2, 0.25) is 0 Å². The van der Waals surface area contributed by atoms with E-state index in [0.29, 0.717) is 5.69 Å². The van der Waals surface area contributed by atoms with Crippen LogP contribution in [0.3, 0.4) is 0 Å². The van der Waals surface area contributed by atoms with Gasteiger partial charge in [-0.1, -0.05) is 0 Å². The molecule has 112 valence electrons. The minimum atomic E-state index is -0.0374. The Morgan fingerprint density at radius 1 is 1.25 bits per heavy atom. The molecule has 2 rings (SSSR count). The Morgan fingerprint density at radius 2 is 2.00 bits per heavy atom. The van der Waals surface area contributed by atoms with Crippen molar-refractivity contribution in [2.75, 3.05) is 46.3 Å². The van der Waals surface area contributed by atoms with Crippen molar-refractivity contribution in [2.24, 2.45) is 7.05 Å². The number of carbonyl (C=O) groups is 1. The van der Waals surface area contributed by atoms with Crippen LogP contribution in [0.1, 0.15) is 23.3 Å². The van der Waals surface area contributed by atoms with Crippen molar-refractivity contribution < 1.29 is 4.79 Å². The van der Waals surface area contributed by atoms with Crippen LogP contribution < -0.4 is 5.32 Å². The van der Waals surface area contributed by atoms with Gasteiger partial charge in [0.25, 0.3) is 5.91 Å². The van der Waals surface area contributed by atoms with E-state index < -0.39 is 0 Å². The third-order valence-electron chi connectivity index (χ3n) is 3.84. The topological polar surface area (TPSA) is 53.4 Å². The Morgan fingerprint density at radius 3 is 2.65 bits per heavy atom. The molecule has 1 aliphatic rings. The van der Waals surface area contributed by atoms with Crippen molar-refractivity contribution in [1.82, 2.24) is 24.9 Å². The highest BCUT2D eigenvalue weighted by Gasteiger charge is 2.13. The lowest BCUT2D eigenvalue weighted by molar-refractivity contribution is 0.0942. The largest absolute Gasteiger partial charge is 0.351 e. The van der Waals surface area contributed by atoms with E-state index in [-0.39, 0.29) is 5.91 Å². The lowest BCUT2D eigenvalue weighted by atomic mass is 10.2. The minimum absolute atomic E-state index is 0.0374. The molecule has 1 aliphatic heterocycles. The summed E-state index contributed by atoms with van der Waals surface area (Å²) in [5, 5.41) is 6.94. The molecule has 1 fully saturated rings. The molecule has 1 amide bonds. The van der Waals surface area contributed by atoms with Gasteiger partial charge in [0.05, 0.1) is 0 Å². The van der Waals surface area contributed by atoms with Crippen molar-refractivity contribution in [3.63, 3.8) is 0 Å². The van der Waals surface area contributed by atoms with Gasteiger partial charge in [0, 0.05) is 46.0 Å². The molecule has 0 spiro atoms. The number of aryl methyl sites for hydroxylation is 1. The number of piperazine rings is 1. The molecule has 1 aromatic heterocycles. The maximum Gasteiger partial charge on any atom is 0.269 e. The van der Waals surface area contributed by atoms with Gasteiger partial charge in [0.2, 0.25) is 0 Å². The van der Waals surface area contributed by atoms with Crippen LogP contribution >= 0.6 is 0 Å². The van der Waals surface area contributed by atoms with E-state index >= 15 is 0 Å². The van der Waals surface area contributed by atoms with Crippen LogP contribution in [-0.4, -0.2) is 71.8 Å². The molecule has 1 N–H and O–H groups in total. The molecule has 0 bridgehead atoms. The smallest absolute Gasteiger partial charge is 0.269 e. The third kappa shape index (κ3) is 4.31. The molecular weight excluding hydrogens is 254 g/mol. The molecule has 0 saturated carbocycles. The highest BCUT2D eigenvalue weighted by atomic mass is 16.2. The van der Waals surface area contributed by atoms with Gasteiger partial charge in [0.15, 0.2) is 0 Å². The molecule has 0 radical (unpaired) electrons. The summed E-state index contributed by atoms with van der Waals surface area (Å²) in [6.07, 6.45) is 3.80. The number of likely N-dealkylation sites (N-methyl/N-ethyl adjacent to an activating group) is 1. The van der Waals surface area contributed by atoms with E-state index in [1.54, 1.807) is 24.0 Å². The first kappa shape index (κ1) is 15.0. The SMILES string of the molecule is CN1CCN(CCCCNC(=O)c2ccnn2C)CC1. The van der Waals surface area contributed by atoms with Crippen LogP contribution in [0.5, 0.6) is 0 Å². The number of unbranched alkanes of at least 4 members (excludes halogenated alkanes) is 1. The standard InChI is InChI=1S/C14H25N5O/c1-17-9-11-19(12-10-17)8-4-3-6-15-14(20)13-5-7-16-18(13)2/h5,7H,3-4,6,8-12H2,1-2H3,(H,15,20). The summed E-state index contributed by atoms with van der Waals surface area (Å²) < 4.78 is 1.60. The monoisotopic (exact) mass is 279 g/mol. The Labute approximate surface area is 120 Å². The molecule has 6 nitrogen and oxygen atoms in total. The number of nitrogens with one attached hydrogen (secondary N) is 1. The zero-order chi connectivity index (χ0) is 14.4. The van der Waals surface area contributed by atoms with Crippen LogP contribution in [0, 0.1) is 0 Å². The normalized spacial score (nSPS) is 17.3. The average Bonchev–Trinajstić information content (AvgIpc) is 2.86. The van der Waals surface area contributed by atoms with Gasteiger partial charge in [-0.05, 0) is 32.5 Å². The fraction of sp³-hybridized carbons (Fsp3) is 0.714. The van der Waals surface area contributed by atoms with Crippen molar-refractivity contribution in [3.8, 4) is 0 Å². The molecule has 2 heterocycles. The van der Waals surface area contributed by atoms with E-state index in [4.69, 9.17) is 0 Å². The zero-order valence-corrected chi connectivity index (χ0v) is 12.5. The first-order valence-electron chi connectivity index (χ1n) is 7.34. The molecule has 0 atom stereocenters. The molecular formula is C14H25N5O. The van der Waals surface area contributed by atoms with Crippen LogP contribution in [-0.2, 0) is 7.05 Å². The molecule has 20 heavy (non-hydrogen) atoms. The second-order valence-corrected chi connectivity index (χ2v) is 5.45. The Balaban J connectivity index is 1.56. The lowest BCUT2D eigenvalue weighted by Crippen LogP contribution is -2.44. The summed E-state index contributed by atoms with van der Waals surface area (Å²) in [5.41, 5.74) is 0.615. The predicted octanol–water partition coefficient (Wildman–Crippen LogP) is 0.178. The van der Waals surface area contributed by atoms with Crippen LogP contribution in [0.15, 0.2) is 12.3 Å². The molecule has 0 unspecified atom stereocenters. The van der Waals surface area contributed by atoms with Crippen LogP contribution in [0.4, 0.5) is 0 Å². The Bertz CT molecular complexity index is 423. The van der Waals surface area contributed by atoms with Crippen molar-refractivity contribution in [3.05, 3.63) is 18.0 Å². The highest BCUT2D eigenvalue weighted by Crippen LogP contribution is 2.01. The summed E-state index contributed by atoms with van der Waals surface area (Å²) >= 11 is 0. The number of carbonyl (C=O) groups excluding carboxylic acids is 1. The molecule has 1 saturated heterocycles. The molecule has 0 aliphatic carbocycles. The molecule has 6 heteroatoms. The first-order valence-corrected chi connectivity index (χ1v) is 7.34. The number of aromatic nitrogens is 2. The summed E-state index contributed by atoms with van der Waals surface area (Å²) in [4.78, 5) is 16.7. The quantitative estimate of drug-likeness (QED) is 0.755. The molecule has 1 aromatic rings. The van der Waals surface area contributed by atoms with Gasteiger partial charge in [-0.25, -0.2) is 0 Å². The fourth-order valence-corrected chi connectivity index (χ4v) is 2.42. The van der Waals surface area contributed by atoms with Crippen LogP contribution in [0.25, 0.3) is 0 Å². The van der Waals surface area contributed by atoms with E-state index in [1.165, 1.54) is 0 Å². The lowest BCUT2D eigenvalue weighted by Gasteiger charge is -2.32. The second-order valence-electron chi connectivity index (χ2n) is 5.45. The van der Waals surface area contributed by atoms with Crippen molar-refractivity contribution in [1.29, 1.82) is 0 Å². The minimum Gasteiger partial charge on any atom is -0.351 e. The van der Waals surface area contributed by atoms with Crippen molar-refractivity contribution in [2.45, 2.75) is 12.8 Å². The Kier molecular flexibility index (Phi) is 5.55. The van der Waals surface area contributed by atoms with Gasteiger partial charge in [0.1, 0.15) is 5.69 Å². The van der Waals surface area contributed by atoms with Gasteiger partial charge in [-0.2, -0.15) is 5.10 Å². The zero-order valence-electron chi connectivity index (χ0n) is 12.5. The van der Waals surface area contributed by atoms with E-state index in [1.807, 2.05) is 0 Å². The summed E-state index contributed by atoms with van der Waals surface area (Å²) in [7, 11) is 3.95.